The Morgan fingerprint density at radius 3 is 2.38 bits per heavy atom. The highest BCUT2D eigenvalue weighted by molar-refractivity contribution is 7.98. The molecule has 0 fully saturated rings. The van der Waals surface area contributed by atoms with Crippen LogP contribution < -0.4 is 4.18 Å². The van der Waals surface area contributed by atoms with E-state index >= 15 is 0 Å². The lowest BCUT2D eigenvalue weighted by atomic mass is 10.1. The molecule has 0 bridgehead atoms. The van der Waals surface area contributed by atoms with E-state index in [1.807, 2.05) is 0 Å². The number of halogens is 3. The first-order valence-electron chi connectivity index (χ1n) is 5.45. The van der Waals surface area contributed by atoms with E-state index in [-0.39, 0.29) is 5.75 Å². The average Bonchev–Trinajstić information content (AvgIpc) is 2.36. The maximum atomic E-state index is 12.4. The van der Waals surface area contributed by atoms with Gasteiger partial charge >= 0.3 is 15.6 Å². The van der Waals surface area contributed by atoms with Gasteiger partial charge in [0.25, 0.3) is 0 Å². The van der Waals surface area contributed by atoms with Crippen molar-refractivity contribution in [1.29, 1.82) is 0 Å². The molecule has 0 aliphatic heterocycles. The van der Waals surface area contributed by atoms with Gasteiger partial charge in [0.1, 0.15) is 0 Å². The van der Waals surface area contributed by atoms with Gasteiger partial charge in [-0.05, 0) is 41.3 Å². The van der Waals surface area contributed by atoms with Gasteiger partial charge < -0.3 is 4.18 Å². The highest BCUT2D eigenvalue weighted by Gasteiger charge is 2.48. The summed E-state index contributed by atoms with van der Waals surface area (Å²) in [5.74, 6) is -0.355. The van der Waals surface area contributed by atoms with Crippen LogP contribution in [-0.2, 0) is 10.1 Å². The van der Waals surface area contributed by atoms with Gasteiger partial charge in [0, 0.05) is 4.90 Å². The number of hydrogen-bond acceptors (Lipinski definition) is 5. The first-order chi connectivity index (χ1) is 9.64. The molecular formula is C12H9F3O3S3. The molecule has 114 valence electrons. The van der Waals surface area contributed by atoms with Crippen LogP contribution in [0.2, 0.25) is 0 Å². The molecule has 0 N–H and O–H groups in total. The fraction of sp³-hybridized carbons (Fsp3) is 0.167. The molecule has 0 unspecified atom stereocenters. The lowest BCUT2D eigenvalue weighted by Gasteiger charge is -2.13. The van der Waals surface area contributed by atoms with E-state index in [0.29, 0.717) is 15.2 Å². The van der Waals surface area contributed by atoms with Crippen molar-refractivity contribution in [1.82, 2.24) is 0 Å². The van der Waals surface area contributed by atoms with Crippen LogP contribution in [0.25, 0.3) is 10.8 Å². The van der Waals surface area contributed by atoms with Crippen LogP contribution in [0.5, 0.6) is 5.75 Å². The van der Waals surface area contributed by atoms with Crippen molar-refractivity contribution in [3.8, 4) is 5.75 Å². The second-order valence-corrected chi connectivity index (χ2v) is 6.92. The minimum atomic E-state index is -5.69. The number of thiol groups is 1. The van der Waals surface area contributed by atoms with Crippen molar-refractivity contribution in [2.24, 2.45) is 0 Å². The zero-order chi connectivity index (χ0) is 15.8. The quantitative estimate of drug-likeness (QED) is 0.390. The average molecular weight is 354 g/mol. The van der Waals surface area contributed by atoms with Crippen LogP contribution in [-0.4, -0.2) is 20.2 Å². The molecule has 0 amide bonds. The van der Waals surface area contributed by atoms with Crippen molar-refractivity contribution in [3.63, 3.8) is 0 Å². The largest absolute Gasteiger partial charge is 0.534 e. The summed E-state index contributed by atoms with van der Waals surface area (Å²) >= 11 is 5.22. The molecule has 0 atom stereocenters. The van der Waals surface area contributed by atoms with Crippen molar-refractivity contribution in [2.75, 3.05) is 6.26 Å². The van der Waals surface area contributed by atoms with E-state index in [1.165, 1.54) is 6.07 Å². The Kier molecular flexibility index (Phi) is 4.36. The summed E-state index contributed by atoms with van der Waals surface area (Å²) in [6.07, 6.45) is 1.61. The molecule has 2 aromatic rings. The van der Waals surface area contributed by atoms with Crippen LogP contribution in [0, 0.1) is 0 Å². The molecule has 9 heteroatoms. The number of fused-ring (bicyclic) bond motifs is 1. The number of thioether (sulfide) groups is 1. The lowest BCUT2D eigenvalue weighted by Crippen LogP contribution is -2.28. The Morgan fingerprint density at radius 2 is 1.81 bits per heavy atom. The first-order valence-corrected chi connectivity index (χ1v) is 8.53. The minimum absolute atomic E-state index is 0.294. The summed E-state index contributed by atoms with van der Waals surface area (Å²) in [5, 5.41) is 1.28. The van der Waals surface area contributed by atoms with Gasteiger partial charge in [0.15, 0.2) is 5.75 Å². The number of hydrogen-bond donors (Lipinski definition) is 1. The molecule has 0 aliphatic carbocycles. The number of rotatable bonds is 3. The molecule has 0 heterocycles. The fourth-order valence-electron chi connectivity index (χ4n) is 1.63. The standard InChI is InChI=1S/C12H9F3O3S3/c1-20-11-6-7-2-3-9(19)4-8(7)5-10(11)18-21(16,17)12(13,14)15/h2-6,19H,1H3. The molecule has 0 saturated carbocycles. The lowest BCUT2D eigenvalue weighted by molar-refractivity contribution is -0.0500. The highest BCUT2D eigenvalue weighted by Crippen LogP contribution is 2.36. The molecule has 0 spiro atoms. The van der Waals surface area contributed by atoms with Gasteiger partial charge in [-0.2, -0.15) is 21.6 Å². The molecule has 0 saturated heterocycles. The van der Waals surface area contributed by atoms with Gasteiger partial charge in [0.2, 0.25) is 0 Å². The summed E-state index contributed by atoms with van der Waals surface area (Å²) in [7, 11) is -5.69. The van der Waals surface area contributed by atoms with Crippen molar-refractivity contribution in [2.45, 2.75) is 15.3 Å². The van der Waals surface area contributed by atoms with Crippen molar-refractivity contribution in [3.05, 3.63) is 30.3 Å². The molecule has 0 radical (unpaired) electrons. The maximum absolute atomic E-state index is 12.4. The third-order valence-electron chi connectivity index (χ3n) is 2.59. The van der Waals surface area contributed by atoms with E-state index in [9.17, 15) is 21.6 Å². The smallest absolute Gasteiger partial charge is 0.375 e. The molecule has 2 rings (SSSR count). The predicted molar refractivity (Wildman–Crippen MR) is 78.6 cm³/mol. The van der Waals surface area contributed by atoms with Crippen LogP contribution in [0.3, 0.4) is 0 Å². The van der Waals surface area contributed by atoms with Gasteiger partial charge in [-0.1, -0.05) is 6.07 Å². The zero-order valence-corrected chi connectivity index (χ0v) is 13.0. The fourth-order valence-corrected chi connectivity index (χ4v) is 2.92. The molecule has 0 aliphatic rings. The van der Waals surface area contributed by atoms with Crippen LogP contribution in [0.15, 0.2) is 40.1 Å². The van der Waals surface area contributed by atoms with Crippen LogP contribution >= 0.6 is 24.4 Å². The summed E-state index contributed by atoms with van der Waals surface area (Å²) in [5.41, 5.74) is -5.47. The number of alkyl halides is 3. The molecule has 3 nitrogen and oxygen atoms in total. The zero-order valence-electron chi connectivity index (χ0n) is 10.5. The first kappa shape index (κ1) is 16.3. The topological polar surface area (TPSA) is 43.4 Å². The van der Waals surface area contributed by atoms with Gasteiger partial charge in [0.05, 0.1) is 4.90 Å². The van der Waals surface area contributed by atoms with Crippen molar-refractivity contribution < 1.29 is 25.8 Å². The molecule has 0 aromatic heterocycles. The third kappa shape index (κ3) is 3.41. The van der Waals surface area contributed by atoms with E-state index in [0.717, 1.165) is 17.1 Å². The Bertz CT molecular complexity index is 785. The summed E-state index contributed by atoms with van der Waals surface area (Å²) < 4.78 is 63.7. The minimum Gasteiger partial charge on any atom is -0.375 e. The summed E-state index contributed by atoms with van der Waals surface area (Å²) in [6.45, 7) is 0. The normalized spacial score (nSPS) is 12.6. The maximum Gasteiger partial charge on any atom is 0.534 e. The van der Waals surface area contributed by atoms with Crippen LogP contribution in [0.1, 0.15) is 0 Å². The van der Waals surface area contributed by atoms with E-state index in [2.05, 4.69) is 16.8 Å². The second-order valence-electron chi connectivity index (χ2n) is 4.02. The monoisotopic (exact) mass is 354 g/mol. The van der Waals surface area contributed by atoms with E-state index < -0.39 is 15.6 Å². The Morgan fingerprint density at radius 1 is 1.14 bits per heavy atom. The van der Waals surface area contributed by atoms with Crippen LogP contribution in [0.4, 0.5) is 13.2 Å². The third-order valence-corrected chi connectivity index (χ3v) is 4.59. The second kappa shape index (κ2) is 5.62. The SMILES string of the molecule is CSc1cc2ccc(S)cc2cc1OS(=O)(=O)C(F)(F)F. The molecule has 2 aromatic carbocycles. The van der Waals surface area contributed by atoms with Gasteiger partial charge in [-0.3, -0.25) is 0 Å². The Hall–Kier alpha value is -1.06. The van der Waals surface area contributed by atoms with E-state index in [4.69, 9.17) is 0 Å². The predicted octanol–water partition coefficient (Wildman–Crippen LogP) is 4.08. The van der Waals surface area contributed by atoms with Gasteiger partial charge in [-0.25, -0.2) is 0 Å². The molecule has 21 heavy (non-hydrogen) atoms. The molecular weight excluding hydrogens is 345 g/mol. The summed E-state index contributed by atoms with van der Waals surface area (Å²) in [6, 6.07) is 7.89. The summed E-state index contributed by atoms with van der Waals surface area (Å²) in [4.78, 5) is 0.895. The highest BCUT2D eigenvalue weighted by atomic mass is 32.2. The van der Waals surface area contributed by atoms with Gasteiger partial charge in [-0.15, -0.1) is 24.4 Å². The Balaban J connectivity index is 2.57. The van der Waals surface area contributed by atoms with Crippen molar-refractivity contribution >= 4 is 45.3 Å². The Labute approximate surface area is 129 Å². The van der Waals surface area contributed by atoms with E-state index in [1.54, 1.807) is 30.5 Å². The number of benzene rings is 2.